The van der Waals surface area contributed by atoms with Crippen LogP contribution in [0.25, 0.3) is 88.6 Å². The first-order chi connectivity index (χ1) is 31.7. The van der Waals surface area contributed by atoms with E-state index in [-0.39, 0.29) is 0 Å². The minimum absolute atomic E-state index is 0.470. The van der Waals surface area contributed by atoms with Crippen LogP contribution in [0.1, 0.15) is 22.3 Å². The first-order valence-electron chi connectivity index (χ1n) is 21.9. The summed E-state index contributed by atoms with van der Waals surface area (Å²) in [7, 11) is 0. The lowest BCUT2D eigenvalue weighted by molar-refractivity contribution is 0.615. The number of para-hydroxylation sites is 2. The van der Waals surface area contributed by atoms with Gasteiger partial charge in [-0.25, -0.2) is 4.98 Å². The van der Waals surface area contributed by atoms with Gasteiger partial charge in [-0.15, -0.1) is 0 Å². The van der Waals surface area contributed by atoms with E-state index in [2.05, 4.69) is 199 Å². The van der Waals surface area contributed by atoms with Gasteiger partial charge in [0.2, 0.25) is 5.89 Å². The molecule has 0 bridgehead atoms. The van der Waals surface area contributed by atoms with Gasteiger partial charge in [0.05, 0.1) is 11.0 Å². The molecule has 2 aliphatic rings. The van der Waals surface area contributed by atoms with Crippen molar-refractivity contribution in [1.29, 1.82) is 0 Å². The lowest BCUT2D eigenvalue weighted by atomic mass is 9.70. The molecule has 2 aliphatic carbocycles. The maximum absolute atomic E-state index is 6.86. The van der Waals surface area contributed by atoms with E-state index in [1.54, 1.807) is 0 Å². The van der Waals surface area contributed by atoms with Crippen molar-refractivity contribution < 1.29 is 8.83 Å². The maximum atomic E-state index is 6.86. The molecule has 14 rings (SSSR count). The number of rotatable bonds is 5. The summed E-state index contributed by atoms with van der Waals surface area (Å²) in [6.07, 6.45) is 0. The Morgan fingerprint density at radius 3 is 1.69 bits per heavy atom. The first-order valence-corrected chi connectivity index (χ1v) is 21.9. The van der Waals surface area contributed by atoms with E-state index in [0.29, 0.717) is 5.89 Å². The average Bonchev–Trinajstić information content (AvgIpc) is 4.12. The minimum Gasteiger partial charge on any atom is -0.455 e. The lowest BCUT2D eigenvalue weighted by Gasteiger charge is -2.32. The number of fused-ring (bicyclic) bond motifs is 16. The average molecular weight is 817 g/mol. The van der Waals surface area contributed by atoms with Crippen LogP contribution in [0.5, 0.6) is 0 Å². The lowest BCUT2D eigenvalue weighted by Crippen LogP contribution is -2.26. The highest BCUT2D eigenvalue weighted by Crippen LogP contribution is 2.63. The van der Waals surface area contributed by atoms with E-state index >= 15 is 0 Å². The topological polar surface area (TPSA) is 42.4 Å². The molecule has 0 saturated carbocycles. The van der Waals surface area contributed by atoms with Crippen molar-refractivity contribution in [1.82, 2.24) is 4.98 Å². The molecule has 4 heteroatoms. The standard InChI is InChI=1S/C60H36N2O2/c1-2-14-37(15-3-1)38-26-28-40(29-27-38)62(42-30-32-47-46-20-8-11-23-52(46)60(53(47)36-42)50-21-9-6-18-44(50)45-19-7-10-22-51(45)60)41-31-33-55-48(35-41)57-43-17-5-4-16-39(43)34-49(58(57)63-55)59-61-54-24-12-13-25-56(54)64-59/h1-36H. The van der Waals surface area contributed by atoms with Crippen LogP contribution in [-0.4, -0.2) is 4.98 Å². The van der Waals surface area contributed by atoms with Gasteiger partial charge in [0.25, 0.3) is 0 Å². The van der Waals surface area contributed by atoms with Crippen molar-refractivity contribution in [2.45, 2.75) is 5.41 Å². The predicted octanol–water partition coefficient (Wildman–Crippen LogP) is 16.0. The zero-order valence-corrected chi connectivity index (χ0v) is 34.5. The molecule has 0 N–H and O–H groups in total. The molecule has 0 unspecified atom stereocenters. The van der Waals surface area contributed by atoms with Crippen LogP contribution in [-0.2, 0) is 5.41 Å². The van der Waals surface area contributed by atoms with Crippen molar-refractivity contribution in [2.24, 2.45) is 0 Å². The van der Waals surface area contributed by atoms with Crippen LogP contribution >= 0.6 is 0 Å². The minimum atomic E-state index is -0.470. The molecule has 298 valence electrons. The van der Waals surface area contributed by atoms with Crippen LogP contribution < -0.4 is 4.90 Å². The summed E-state index contributed by atoms with van der Waals surface area (Å²) in [6.45, 7) is 0. The Bertz CT molecular complexity index is 3760. The van der Waals surface area contributed by atoms with Crippen LogP contribution in [0, 0.1) is 0 Å². The Labute approximate surface area is 368 Å². The van der Waals surface area contributed by atoms with Crippen LogP contribution in [0.15, 0.2) is 227 Å². The zero-order valence-electron chi connectivity index (χ0n) is 34.5. The predicted molar refractivity (Wildman–Crippen MR) is 261 cm³/mol. The number of oxazole rings is 1. The second kappa shape index (κ2) is 13.3. The molecule has 1 spiro atoms. The maximum Gasteiger partial charge on any atom is 0.231 e. The molecule has 2 aromatic heterocycles. The van der Waals surface area contributed by atoms with Gasteiger partial charge in [0.15, 0.2) is 5.58 Å². The smallest absolute Gasteiger partial charge is 0.231 e. The van der Waals surface area contributed by atoms with E-state index in [1.165, 1.54) is 55.6 Å². The Hall–Kier alpha value is -8.47. The van der Waals surface area contributed by atoms with Crippen molar-refractivity contribution in [3.63, 3.8) is 0 Å². The summed E-state index contributed by atoms with van der Waals surface area (Å²) < 4.78 is 13.3. The summed E-state index contributed by atoms with van der Waals surface area (Å²) in [5.41, 5.74) is 19.4. The number of anilines is 3. The molecule has 4 nitrogen and oxygen atoms in total. The highest BCUT2D eigenvalue weighted by molar-refractivity contribution is 6.22. The summed E-state index contributed by atoms with van der Waals surface area (Å²) in [5.74, 6) is 0.541. The highest BCUT2D eigenvalue weighted by atomic mass is 16.4. The molecule has 0 atom stereocenters. The third-order valence-electron chi connectivity index (χ3n) is 13.7. The number of hydrogen-bond acceptors (Lipinski definition) is 4. The van der Waals surface area contributed by atoms with Crippen LogP contribution in [0.3, 0.4) is 0 Å². The summed E-state index contributed by atoms with van der Waals surface area (Å²) in [4.78, 5) is 7.34. The van der Waals surface area contributed by atoms with Gasteiger partial charge >= 0.3 is 0 Å². The van der Waals surface area contributed by atoms with E-state index in [1.807, 2.05) is 24.3 Å². The third-order valence-corrected chi connectivity index (χ3v) is 13.7. The summed E-state index contributed by atoms with van der Waals surface area (Å²) in [5, 5.41) is 4.27. The fraction of sp³-hybridized carbons (Fsp3) is 0.0167. The van der Waals surface area contributed by atoms with Gasteiger partial charge in [-0.05, 0) is 127 Å². The molecule has 2 heterocycles. The molecular weight excluding hydrogens is 781 g/mol. The normalized spacial score (nSPS) is 13.1. The fourth-order valence-corrected chi connectivity index (χ4v) is 11.0. The molecule has 0 amide bonds. The van der Waals surface area contributed by atoms with Crippen molar-refractivity contribution in [2.75, 3.05) is 4.90 Å². The SMILES string of the molecule is c1ccc(-c2ccc(N(c3ccc4c(c3)C3(c5ccccc5-c5ccccc53)c3ccccc3-4)c3ccc4oc5c(-c6nc7ccccc7o6)cc6ccccc6c5c4c3)cc2)cc1. The van der Waals surface area contributed by atoms with E-state index in [9.17, 15) is 0 Å². The number of furan rings is 1. The summed E-state index contributed by atoms with van der Waals surface area (Å²) >= 11 is 0. The van der Waals surface area contributed by atoms with Crippen LogP contribution in [0.4, 0.5) is 17.1 Å². The number of hydrogen-bond donors (Lipinski definition) is 0. The Morgan fingerprint density at radius 2 is 0.953 bits per heavy atom. The molecule has 10 aromatic carbocycles. The largest absolute Gasteiger partial charge is 0.455 e. The van der Waals surface area contributed by atoms with Crippen molar-refractivity contribution in [3.8, 4) is 44.8 Å². The van der Waals surface area contributed by atoms with Gasteiger partial charge in [0, 0.05) is 27.8 Å². The number of aromatic nitrogens is 1. The zero-order chi connectivity index (χ0) is 41.9. The van der Waals surface area contributed by atoms with Crippen LogP contribution in [0.2, 0.25) is 0 Å². The highest BCUT2D eigenvalue weighted by Gasteiger charge is 2.51. The first kappa shape index (κ1) is 35.2. The van der Waals surface area contributed by atoms with Crippen molar-refractivity contribution >= 4 is 60.9 Å². The molecule has 0 fully saturated rings. The van der Waals surface area contributed by atoms with Gasteiger partial charge in [0.1, 0.15) is 16.7 Å². The molecule has 0 saturated heterocycles. The van der Waals surface area contributed by atoms with E-state index in [0.717, 1.165) is 66.4 Å². The number of nitrogens with zero attached hydrogens (tertiary/aromatic N) is 2. The molecule has 0 radical (unpaired) electrons. The molecular formula is C60H36N2O2. The summed E-state index contributed by atoms with van der Waals surface area (Å²) in [6, 6.07) is 78.8. The van der Waals surface area contributed by atoms with Crippen molar-refractivity contribution in [3.05, 3.63) is 241 Å². The monoisotopic (exact) mass is 816 g/mol. The van der Waals surface area contributed by atoms with E-state index in [4.69, 9.17) is 13.8 Å². The molecule has 0 aliphatic heterocycles. The fourth-order valence-electron chi connectivity index (χ4n) is 11.0. The Morgan fingerprint density at radius 1 is 0.375 bits per heavy atom. The van der Waals surface area contributed by atoms with E-state index < -0.39 is 5.41 Å². The molecule has 64 heavy (non-hydrogen) atoms. The Balaban J connectivity index is 1.02. The number of benzene rings is 10. The third kappa shape index (κ3) is 4.85. The van der Waals surface area contributed by atoms with Gasteiger partial charge < -0.3 is 13.7 Å². The molecule has 12 aromatic rings. The quantitative estimate of drug-likeness (QED) is 0.174. The van der Waals surface area contributed by atoms with Gasteiger partial charge in [-0.3, -0.25) is 0 Å². The Kier molecular flexibility index (Phi) is 7.29. The second-order valence-corrected chi connectivity index (χ2v) is 17.0. The second-order valence-electron chi connectivity index (χ2n) is 17.0. The van der Waals surface area contributed by atoms with Gasteiger partial charge in [-0.2, -0.15) is 0 Å². The van der Waals surface area contributed by atoms with Gasteiger partial charge in [-0.1, -0.05) is 158 Å².